The van der Waals surface area contributed by atoms with Crippen molar-refractivity contribution in [2.45, 2.75) is 25.8 Å². The Kier molecular flexibility index (Phi) is 5.82. The summed E-state index contributed by atoms with van der Waals surface area (Å²) in [7, 11) is 0. The van der Waals surface area contributed by atoms with Gasteiger partial charge < -0.3 is 15.4 Å². The van der Waals surface area contributed by atoms with Crippen LogP contribution in [0.5, 0.6) is 0 Å². The van der Waals surface area contributed by atoms with Crippen LogP contribution < -0.4 is 5.73 Å². The maximum Gasteiger partial charge on any atom is 0.409 e. The molecule has 0 radical (unpaired) electrons. The van der Waals surface area contributed by atoms with Crippen LogP contribution in [0.25, 0.3) is 0 Å². The third-order valence-corrected chi connectivity index (χ3v) is 1.98. The standard InChI is InChI=1S/C8H16N2O2.ClH/c1-2-12-8(11)10-5-3-4-7(9)6-10;/h7H,2-6,9H2,1H3;1H/t7-;/m0./s1. The summed E-state index contributed by atoms with van der Waals surface area (Å²) in [4.78, 5) is 12.9. The fraction of sp³-hybridized carbons (Fsp3) is 0.875. The number of hydrogen-bond acceptors (Lipinski definition) is 3. The second-order valence-electron chi connectivity index (χ2n) is 3.05. The van der Waals surface area contributed by atoms with Gasteiger partial charge in [-0.3, -0.25) is 0 Å². The van der Waals surface area contributed by atoms with Crippen molar-refractivity contribution in [3.05, 3.63) is 0 Å². The Labute approximate surface area is 84.8 Å². The molecule has 1 fully saturated rings. The Hall–Kier alpha value is -0.480. The van der Waals surface area contributed by atoms with Gasteiger partial charge >= 0.3 is 6.09 Å². The summed E-state index contributed by atoms with van der Waals surface area (Å²) in [6, 6.07) is 0.128. The highest BCUT2D eigenvalue weighted by molar-refractivity contribution is 5.85. The third kappa shape index (κ3) is 3.83. The third-order valence-electron chi connectivity index (χ3n) is 1.98. The molecule has 0 aliphatic carbocycles. The van der Waals surface area contributed by atoms with Crippen molar-refractivity contribution in [3.8, 4) is 0 Å². The largest absolute Gasteiger partial charge is 0.450 e. The summed E-state index contributed by atoms with van der Waals surface area (Å²) in [5.74, 6) is 0. The van der Waals surface area contributed by atoms with E-state index in [1.54, 1.807) is 4.90 Å². The molecule has 1 atom stereocenters. The minimum atomic E-state index is -0.229. The average molecular weight is 209 g/mol. The van der Waals surface area contributed by atoms with Gasteiger partial charge in [-0.2, -0.15) is 0 Å². The molecule has 1 rings (SSSR count). The number of halogens is 1. The lowest BCUT2D eigenvalue weighted by atomic mass is 10.1. The van der Waals surface area contributed by atoms with E-state index in [1.807, 2.05) is 6.92 Å². The fourth-order valence-electron chi connectivity index (χ4n) is 1.39. The van der Waals surface area contributed by atoms with Crippen molar-refractivity contribution in [3.63, 3.8) is 0 Å². The molecular formula is C8H17ClN2O2. The maximum atomic E-state index is 11.2. The van der Waals surface area contributed by atoms with Crippen molar-refractivity contribution in [1.29, 1.82) is 0 Å². The number of likely N-dealkylation sites (tertiary alicyclic amines) is 1. The van der Waals surface area contributed by atoms with Crippen molar-refractivity contribution in [1.82, 2.24) is 4.90 Å². The number of rotatable bonds is 1. The van der Waals surface area contributed by atoms with Crippen molar-refractivity contribution >= 4 is 18.5 Å². The second kappa shape index (κ2) is 6.05. The Morgan fingerprint density at radius 2 is 2.38 bits per heavy atom. The highest BCUT2D eigenvalue weighted by atomic mass is 35.5. The van der Waals surface area contributed by atoms with Crippen LogP contribution in [0.4, 0.5) is 4.79 Å². The van der Waals surface area contributed by atoms with Gasteiger partial charge in [0.05, 0.1) is 6.61 Å². The molecule has 5 heteroatoms. The molecular weight excluding hydrogens is 192 g/mol. The summed E-state index contributed by atoms with van der Waals surface area (Å²) in [5, 5.41) is 0. The molecule has 1 saturated heterocycles. The summed E-state index contributed by atoms with van der Waals surface area (Å²) in [5.41, 5.74) is 5.71. The second-order valence-corrected chi connectivity index (χ2v) is 3.05. The van der Waals surface area contributed by atoms with Crippen LogP contribution in [0.15, 0.2) is 0 Å². The first-order valence-corrected chi connectivity index (χ1v) is 4.41. The molecule has 78 valence electrons. The van der Waals surface area contributed by atoms with E-state index in [1.165, 1.54) is 0 Å². The number of carbonyl (C=O) groups excluding carboxylic acids is 1. The lowest BCUT2D eigenvalue weighted by Gasteiger charge is -2.29. The van der Waals surface area contributed by atoms with E-state index < -0.39 is 0 Å². The summed E-state index contributed by atoms with van der Waals surface area (Å²) >= 11 is 0. The molecule has 1 heterocycles. The van der Waals surface area contributed by atoms with Gasteiger partial charge in [-0.15, -0.1) is 12.4 Å². The number of hydrogen-bond donors (Lipinski definition) is 1. The molecule has 0 bridgehead atoms. The molecule has 1 amide bonds. The molecule has 2 N–H and O–H groups in total. The zero-order valence-electron chi connectivity index (χ0n) is 7.86. The first kappa shape index (κ1) is 12.5. The summed E-state index contributed by atoms with van der Waals surface area (Å²) in [6.07, 6.45) is 1.77. The molecule has 0 aromatic rings. The van der Waals surface area contributed by atoms with Gasteiger partial charge in [-0.1, -0.05) is 0 Å². The van der Waals surface area contributed by atoms with E-state index >= 15 is 0 Å². The number of ether oxygens (including phenoxy) is 1. The smallest absolute Gasteiger partial charge is 0.409 e. The number of nitrogens with zero attached hydrogens (tertiary/aromatic N) is 1. The van der Waals surface area contributed by atoms with Gasteiger partial charge in [0, 0.05) is 19.1 Å². The van der Waals surface area contributed by atoms with Crippen LogP contribution in [0.2, 0.25) is 0 Å². The highest BCUT2D eigenvalue weighted by Gasteiger charge is 2.21. The van der Waals surface area contributed by atoms with Gasteiger partial charge in [0.25, 0.3) is 0 Å². The topological polar surface area (TPSA) is 55.6 Å². The molecule has 0 aromatic heterocycles. The fourth-order valence-corrected chi connectivity index (χ4v) is 1.39. The Morgan fingerprint density at radius 1 is 1.69 bits per heavy atom. The average Bonchev–Trinajstić information content (AvgIpc) is 2.05. The van der Waals surface area contributed by atoms with Crippen LogP contribution in [0, 0.1) is 0 Å². The SMILES string of the molecule is CCOC(=O)N1CCC[C@H](N)C1.Cl. The van der Waals surface area contributed by atoms with E-state index in [9.17, 15) is 4.79 Å². The molecule has 0 spiro atoms. The number of piperidine rings is 1. The van der Waals surface area contributed by atoms with Gasteiger partial charge in [-0.25, -0.2) is 4.79 Å². The Morgan fingerprint density at radius 3 is 2.92 bits per heavy atom. The van der Waals surface area contributed by atoms with Crippen LogP contribution in [-0.2, 0) is 4.74 Å². The minimum Gasteiger partial charge on any atom is -0.450 e. The zero-order chi connectivity index (χ0) is 8.97. The van der Waals surface area contributed by atoms with Crippen molar-refractivity contribution < 1.29 is 9.53 Å². The van der Waals surface area contributed by atoms with Crippen LogP contribution in [-0.4, -0.2) is 36.7 Å². The lowest BCUT2D eigenvalue weighted by Crippen LogP contribution is -2.45. The molecule has 1 aliphatic rings. The van der Waals surface area contributed by atoms with Gasteiger partial charge in [0.1, 0.15) is 0 Å². The summed E-state index contributed by atoms with van der Waals surface area (Å²) in [6.45, 7) is 3.66. The quantitative estimate of drug-likeness (QED) is 0.699. The predicted octanol–water partition coefficient (Wildman–Crippen LogP) is 0.988. The van der Waals surface area contributed by atoms with E-state index in [2.05, 4.69) is 0 Å². The van der Waals surface area contributed by atoms with Crippen LogP contribution >= 0.6 is 12.4 Å². The molecule has 0 unspecified atom stereocenters. The number of carbonyl (C=O) groups is 1. The van der Waals surface area contributed by atoms with Crippen LogP contribution in [0.1, 0.15) is 19.8 Å². The van der Waals surface area contributed by atoms with E-state index in [0.717, 1.165) is 19.4 Å². The maximum absolute atomic E-state index is 11.2. The van der Waals surface area contributed by atoms with E-state index in [-0.39, 0.29) is 24.5 Å². The molecule has 0 aromatic carbocycles. The molecule has 4 nitrogen and oxygen atoms in total. The molecule has 13 heavy (non-hydrogen) atoms. The first-order valence-electron chi connectivity index (χ1n) is 4.41. The van der Waals surface area contributed by atoms with Crippen molar-refractivity contribution in [2.24, 2.45) is 5.73 Å². The molecule has 0 saturated carbocycles. The van der Waals surface area contributed by atoms with Gasteiger partial charge in [-0.05, 0) is 19.8 Å². The predicted molar refractivity (Wildman–Crippen MR) is 53.1 cm³/mol. The highest BCUT2D eigenvalue weighted by Crippen LogP contribution is 2.08. The van der Waals surface area contributed by atoms with E-state index in [0.29, 0.717) is 13.2 Å². The van der Waals surface area contributed by atoms with Crippen LogP contribution in [0.3, 0.4) is 0 Å². The first-order chi connectivity index (χ1) is 5.74. The number of nitrogens with two attached hydrogens (primary N) is 1. The zero-order valence-corrected chi connectivity index (χ0v) is 8.68. The Balaban J connectivity index is 0.00000144. The van der Waals surface area contributed by atoms with Crippen molar-refractivity contribution in [2.75, 3.05) is 19.7 Å². The van der Waals surface area contributed by atoms with Gasteiger partial charge in [0.15, 0.2) is 0 Å². The lowest BCUT2D eigenvalue weighted by molar-refractivity contribution is 0.0962. The normalized spacial score (nSPS) is 22.0. The van der Waals surface area contributed by atoms with Gasteiger partial charge in [0.2, 0.25) is 0 Å². The monoisotopic (exact) mass is 208 g/mol. The molecule has 1 aliphatic heterocycles. The minimum absolute atomic E-state index is 0. The van der Waals surface area contributed by atoms with E-state index in [4.69, 9.17) is 10.5 Å². The number of amides is 1. The summed E-state index contributed by atoms with van der Waals surface area (Å²) < 4.78 is 4.86. The Bertz CT molecular complexity index is 166.